The second-order valence-electron chi connectivity index (χ2n) is 6.08. The van der Waals surface area contributed by atoms with Crippen molar-refractivity contribution in [1.82, 2.24) is 4.90 Å². The molecule has 5 heteroatoms. The van der Waals surface area contributed by atoms with Gasteiger partial charge in [0.25, 0.3) is 0 Å². The van der Waals surface area contributed by atoms with Gasteiger partial charge < -0.3 is 9.32 Å². The van der Waals surface area contributed by atoms with Gasteiger partial charge in [0, 0.05) is 30.3 Å². The Bertz CT molecular complexity index is 791. The number of rotatable bonds is 2. The quantitative estimate of drug-likeness (QED) is 0.593. The maximum absolute atomic E-state index is 11.9. The summed E-state index contributed by atoms with van der Waals surface area (Å²) in [5, 5.41) is 1.02. The van der Waals surface area contributed by atoms with Crippen LogP contribution < -0.4 is 5.63 Å². The minimum absolute atomic E-state index is 0.286. The Balaban J connectivity index is 1.84. The van der Waals surface area contributed by atoms with Crippen LogP contribution >= 0.6 is 24.0 Å². The topological polar surface area (TPSA) is 33.5 Å². The normalized spacial score (nSPS) is 15.1. The number of thiocarbonyl (C=S) groups is 1. The summed E-state index contributed by atoms with van der Waals surface area (Å²) in [6.45, 7) is 6.14. The van der Waals surface area contributed by atoms with Crippen LogP contribution in [0.1, 0.15) is 36.0 Å². The number of aryl methyl sites for hydroxylation is 2. The fourth-order valence-electron chi connectivity index (χ4n) is 2.95. The van der Waals surface area contributed by atoms with Gasteiger partial charge in [-0.1, -0.05) is 36.1 Å². The van der Waals surface area contributed by atoms with Crippen LogP contribution in [0.25, 0.3) is 11.0 Å². The van der Waals surface area contributed by atoms with Crippen molar-refractivity contribution in [2.45, 2.75) is 38.9 Å². The molecular formula is C18H21NO2S2. The number of benzene rings is 1. The number of hydrogen-bond donors (Lipinski definition) is 0. The first-order valence-corrected chi connectivity index (χ1v) is 9.40. The summed E-state index contributed by atoms with van der Waals surface area (Å²) in [7, 11) is 0. The van der Waals surface area contributed by atoms with Crippen molar-refractivity contribution in [3.05, 3.63) is 45.3 Å². The first-order valence-electron chi connectivity index (χ1n) is 8.01. The molecule has 1 aliphatic rings. The molecule has 23 heavy (non-hydrogen) atoms. The summed E-state index contributed by atoms with van der Waals surface area (Å²) in [6, 6.07) is 5.72. The molecule has 0 spiro atoms. The summed E-state index contributed by atoms with van der Waals surface area (Å²) in [5.41, 5.74) is 3.59. The van der Waals surface area contributed by atoms with Gasteiger partial charge in [-0.05, 0) is 49.8 Å². The second-order valence-corrected chi connectivity index (χ2v) is 7.69. The van der Waals surface area contributed by atoms with E-state index >= 15 is 0 Å². The van der Waals surface area contributed by atoms with Crippen molar-refractivity contribution >= 4 is 39.3 Å². The molecule has 3 rings (SSSR count). The highest BCUT2D eigenvalue weighted by atomic mass is 32.2. The summed E-state index contributed by atoms with van der Waals surface area (Å²) >= 11 is 7.21. The van der Waals surface area contributed by atoms with E-state index in [0.29, 0.717) is 11.3 Å². The van der Waals surface area contributed by atoms with E-state index in [1.54, 1.807) is 17.8 Å². The highest BCUT2D eigenvalue weighted by Crippen LogP contribution is 2.27. The molecule has 1 saturated heterocycles. The zero-order valence-electron chi connectivity index (χ0n) is 13.6. The van der Waals surface area contributed by atoms with Crippen LogP contribution in [0.3, 0.4) is 0 Å². The first-order chi connectivity index (χ1) is 11.1. The Morgan fingerprint density at radius 1 is 1.26 bits per heavy atom. The number of nitrogens with zero attached hydrogens (tertiary/aromatic N) is 1. The minimum atomic E-state index is -0.286. The molecule has 0 saturated carbocycles. The van der Waals surface area contributed by atoms with Crippen LogP contribution in [0.2, 0.25) is 0 Å². The maximum Gasteiger partial charge on any atom is 0.336 e. The van der Waals surface area contributed by atoms with Gasteiger partial charge in [0.05, 0.1) is 0 Å². The van der Waals surface area contributed by atoms with E-state index in [4.69, 9.17) is 16.6 Å². The summed E-state index contributed by atoms with van der Waals surface area (Å²) in [4.78, 5) is 14.2. The Labute approximate surface area is 146 Å². The van der Waals surface area contributed by atoms with Crippen molar-refractivity contribution in [3.8, 4) is 0 Å². The molecule has 1 aromatic heterocycles. The Morgan fingerprint density at radius 3 is 2.74 bits per heavy atom. The minimum Gasteiger partial charge on any atom is -0.422 e. The van der Waals surface area contributed by atoms with Gasteiger partial charge in [0.15, 0.2) is 0 Å². The largest absolute Gasteiger partial charge is 0.422 e. The molecule has 0 amide bonds. The van der Waals surface area contributed by atoms with E-state index in [2.05, 4.69) is 11.0 Å². The lowest BCUT2D eigenvalue weighted by atomic mass is 10.0. The smallest absolute Gasteiger partial charge is 0.336 e. The van der Waals surface area contributed by atoms with Crippen molar-refractivity contribution in [2.75, 3.05) is 13.1 Å². The Kier molecular flexibility index (Phi) is 5.07. The third kappa shape index (κ3) is 3.61. The summed E-state index contributed by atoms with van der Waals surface area (Å²) in [5.74, 6) is 0.708. The van der Waals surface area contributed by atoms with Gasteiger partial charge in [-0.2, -0.15) is 0 Å². The lowest BCUT2D eigenvalue weighted by molar-refractivity contribution is 0.352. The van der Waals surface area contributed by atoms with Crippen molar-refractivity contribution in [1.29, 1.82) is 0 Å². The van der Waals surface area contributed by atoms with Gasteiger partial charge in [0.1, 0.15) is 9.90 Å². The predicted octanol–water partition coefficient (Wildman–Crippen LogP) is 4.41. The van der Waals surface area contributed by atoms with E-state index in [-0.39, 0.29) is 5.63 Å². The number of hydrogen-bond acceptors (Lipinski definition) is 4. The van der Waals surface area contributed by atoms with Crippen LogP contribution in [0.5, 0.6) is 0 Å². The highest BCUT2D eigenvalue weighted by Gasteiger charge is 2.15. The monoisotopic (exact) mass is 347 g/mol. The molecular weight excluding hydrogens is 326 g/mol. The third-order valence-corrected chi connectivity index (χ3v) is 6.06. The summed E-state index contributed by atoms with van der Waals surface area (Å²) in [6.07, 6.45) is 3.74. The first kappa shape index (κ1) is 16.5. The molecule has 122 valence electrons. The third-order valence-electron chi connectivity index (χ3n) is 4.48. The number of likely N-dealkylation sites (tertiary alicyclic amines) is 1. The molecule has 0 atom stereocenters. The van der Waals surface area contributed by atoms with E-state index in [9.17, 15) is 4.79 Å². The lowest BCUT2D eigenvalue weighted by Crippen LogP contribution is -2.32. The number of piperidine rings is 1. The SMILES string of the molecule is Cc1ccc2c(CSC(=S)N3CCCCC3)cc(=O)oc2c1C. The van der Waals surface area contributed by atoms with E-state index in [1.807, 2.05) is 19.9 Å². The molecule has 0 radical (unpaired) electrons. The average molecular weight is 348 g/mol. The standard InChI is InChI=1S/C18H21NO2S2/c1-12-6-7-15-14(10-16(20)21-17(15)13(12)2)11-23-18(22)19-8-4-3-5-9-19/h6-7,10H,3-5,8-9,11H2,1-2H3. The van der Waals surface area contributed by atoms with Crippen molar-refractivity contribution in [2.24, 2.45) is 0 Å². The molecule has 0 unspecified atom stereocenters. The second kappa shape index (κ2) is 7.05. The molecule has 1 aromatic carbocycles. The van der Waals surface area contributed by atoms with Crippen LogP contribution in [0.15, 0.2) is 27.4 Å². The summed E-state index contributed by atoms with van der Waals surface area (Å²) < 4.78 is 6.37. The number of thioether (sulfide) groups is 1. The zero-order valence-corrected chi connectivity index (χ0v) is 15.2. The van der Waals surface area contributed by atoms with Gasteiger partial charge in [-0.25, -0.2) is 4.79 Å². The van der Waals surface area contributed by atoms with Gasteiger partial charge in [0.2, 0.25) is 0 Å². The number of fused-ring (bicyclic) bond motifs is 1. The lowest BCUT2D eigenvalue weighted by Gasteiger charge is -2.28. The molecule has 1 fully saturated rings. The van der Waals surface area contributed by atoms with E-state index in [1.165, 1.54) is 19.3 Å². The average Bonchev–Trinajstić information content (AvgIpc) is 2.57. The fraction of sp³-hybridized carbons (Fsp3) is 0.444. The molecule has 2 heterocycles. The van der Waals surface area contributed by atoms with Crippen molar-refractivity contribution in [3.63, 3.8) is 0 Å². The molecule has 0 aliphatic carbocycles. The van der Waals surface area contributed by atoms with E-state index < -0.39 is 0 Å². The van der Waals surface area contributed by atoms with Crippen molar-refractivity contribution < 1.29 is 4.42 Å². The Hall–Kier alpha value is -1.33. The fourth-order valence-corrected chi connectivity index (χ4v) is 4.19. The zero-order chi connectivity index (χ0) is 16.4. The molecule has 0 bridgehead atoms. The van der Waals surface area contributed by atoms with Gasteiger partial charge >= 0.3 is 5.63 Å². The Morgan fingerprint density at radius 2 is 2.00 bits per heavy atom. The highest BCUT2D eigenvalue weighted by molar-refractivity contribution is 8.22. The van der Waals surface area contributed by atoms with Crippen LogP contribution in [0, 0.1) is 13.8 Å². The van der Waals surface area contributed by atoms with Gasteiger partial charge in [-0.15, -0.1) is 0 Å². The predicted molar refractivity (Wildman–Crippen MR) is 101 cm³/mol. The molecule has 0 N–H and O–H groups in total. The van der Waals surface area contributed by atoms with E-state index in [0.717, 1.165) is 39.5 Å². The molecule has 2 aromatic rings. The maximum atomic E-state index is 11.9. The van der Waals surface area contributed by atoms with Crippen LogP contribution in [0.4, 0.5) is 0 Å². The van der Waals surface area contributed by atoms with Crippen LogP contribution in [-0.2, 0) is 5.75 Å². The molecule has 1 aliphatic heterocycles. The van der Waals surface area contributed by atoms with Gasteiger partial charge in [-0.3, -0.25) is 0 Å². The van der Waals surface area contributed by atoms with Crippen LogP contribution in [-0.4, -0.2) is 22.3 Å². The molecule has 3 nitrogen and oxygen atoms in total.